The van der Waals surface area contributed by atoms with Crippen molar-refractivity contribution < 1.29 is 13.2 Å². The van der Waals surface area contributed by atoms with E-state index < -0.39 is 10.0 Å². The molecule has 0 spiro atoms. The van der Waals surface area contributed by atoms with Crippen molar-refractivity contribution in [2.45, 2.75) is 38.3 Å². The molecule has 8 heteroatoms. The van der Waals surface area contributed by atoms with E-state index in [9.17, 15) is 8.42 Å². The van der Waals surface area contributed by atoms with Crippen molar-refractivity contribution in [2.24, 2.45) is 5.73 Å². The summed E-state index contributed by atoms with van der Waals surface area (Å²) in [7, 11) is -2.05. The fraction of sp³-hybridized carbons (Fsp3) is 0.769. The number of nitrogens with two attached hydrogens (primary N) is 1. The predicted molar refractivity (Wildman–Crippen MR) is 81.6 cm³/mol. The Hall–Kier alpha value is -0.960. The second kappa shape index (κ2) is 8.47. The summed E-state index contributed by atoms with van der Waals surface area (Å²) in [4.78, 5) is 4.20. The van der Waals surface area contributed by atoms with Crippen LogP contribution in [0.15, 0.2) is 11.2 Å². The number of aryl methyl sites for hydroxylation is 2. The van der Waals surface area contributed by atoms with Gasteiger partial charge in [-0.25, -0.2) is 13.4 Å². The van der Waals surface area contributed by atoms with Gasteiger partial charge in [0, 0.05) is 32.9 Å². The van der Waals surface area contributed by atoms with Crippen LogP contribution in [0.25, 0.3) is 0 Å². The Kier molecular flexibility index (Phi) is 7.30. The molecule has 0 bridgehead atoms. The van der Waals surface area contributed by atoms with Crippen LogP contribution >= 0.6 is 0 Å². The summed E-state index contributed by atoms with van der Waals surface area (Å²) < 4.78 is 33.6. The van der Waals surface area contributed by atoms with Gasteiger partial charge in [-0.05, 0) is 26.3 Å². The first-order valence-electron chi connectivity index (χ1n) is 7.20. The highest BCUT2D eigenvalue weighted by Crippen LogP contribution is 2.16. The van der Waals surface area contributed by atoms with Gasteiger partial charge < -0.3 is 15.0 Å². The summed E-state index contributed by atoms with van der Waals surface area (Å²) in [5.41, 5.74) is 5.48. The van der Waals surface area contributed by atoms with Crippen molar-refractivity contribution >= 4 is 10.0 Å². The Balaban J connectivity index is 3.00. The molecule has 0 saturated heterocycles. The zero-order valence-electron chi connectivity index (χ0n) is 13.1. The largest absolute Gasteiger partial charge is 0.383 e. The van der Waals surface area contributed by atoms with Crippen LogP contribution in [0.5, 0.6) is 0 Å². The number of imidazole rings is 1. The Morgan fingerprint density at radius 3 is 2.71 bits per heavy atom. The van der Waals surface area contributed by atoms with Crippen molar-refractivity contribution in [3.63, 3.8) is 0 Å². The lowest BCUT2D eigenvalue weighted by molar-refractivity contribution is 0.178. The molecule has 0 aliphatic heterocycles. The minimum Gasteiger partial charge on any atom is -0.383 e. The van der Waals surface area contributed by atoms with E-state index in [1.54, 1.807) is 13.3 Å². The average molecular weight is 318 g/mol. The number of ether oxygens (including phenoxy) is 1. The monoisotopic (exact) mass is 318 g/mol. The molecule has 7 nitrogen and oxygen atoms in total. The van der Waals surface area contributed by atoms with Gasteiger partial charge in [0.1, 0.15) is 5.82 Å². The first-order chi connectivity index (χ1) is 9.97. The van der Waals surface area contributed by atoms with E-state index in [1.807, 2.05) is 18.4 Å². The quantitative estimate of drug-likeness (QED) is 0.682. The second-order valence-electron chi connectivity index (χ2n) is 4.86. The van der Waals surface area contributed by atoms with Crippen LogP contribution in [-0.4, -0.2) is 55.6 Å². The fourth-order valence-corrected chi connectivity index (χ4v) is 3.47. The maximum Gasteiger partial charge on any atom is 0.262 e. The highest BCUT2D eigenvalue weighted by molar-refractivity contribution is 7.89. The van der Waals surface area contributed by atoms with Crippen molar-refractivity contribution in [3.8, 4) is 0 Å². The van der Waals surface area contributed by atoms with E-state index in [1.165, 1.54) is 4.31 Å². The fourth-order valence-electron chi connectivity index (χ4n) is 2.02. The standard InChI is InChI=1S/C13H26N4O3S/c1-4-7-16-11-13(15-12(16)2)21(18,19)17(8-5-6-14)9-10-20-3/h11H,4-10,14H2,1-3H3. The van der Waals surface area contributed by atoms with Gasteiger partial charge >= 0.3 is 0 Å². The Morgan fingerprint density at radius 2 is 2.14 bits per heavy atom. The van der Waals surface area contributed by atoms with Gasteiger partial charge in [0.05, 0.1) is 6.61 Å². The van der Waals surface area contributed by atoms with Crippen molar-refractivity contribution in [3.05, 3.63) is 12.0 Å². The van der Waals surface area contributed by atoms with Crippen molar-refractivity contribution in [2.75, 3.05) is 33.4 Å². The minimum atomic E-state index is -3.60. The van der Waals surface area contributed by atoms with Crippen LogP contribution in [0.4, 0.5) is 0 Å². The lowest BCUT2D eigenvalue weighted by Crippen LogP contribution is -2.35. The third kappa shape index (κ3) is 4.77. The lowest BCUT2D eigenvalue weighted by Gasteiger charge is -2.20. The maximum atomic E-state index is 12.7. The highest BCUT2D eigenvalue weighted by atomic mass is 32.2. The summed E-state index contributed by atoms with van der Waals surface area (Å²) in [5, 5.41) is 0.0987. The molecule has 0 aliphatic carbocycles. The summed E-state index contributed by atoms with van der Waals surface area (Å²) in [6.07, 6.45) is 3.14. The molecule has 1 aromatic heterocycles. The average Bonchev–Trinajstić information content (AvgIpc) is 2.81. The number of methoxy groups -OCH3 is 1. The third-order valence-corrected chi connectivity index (χ3v) is 4.95. The normalized spacial score (nSPS) is 12.2. The van der Waals surface area contributed by atoms with Gasteiger partial charge in [0.25, 0.3) is 10.0 Å². The third-order valence-electron chi connectivity index (χ3n) is 3.18. The molecule has 21 heavy (non-hydrogen) atoms. The molecule has 0 aliphatic rings. The molecule has 0 aromatic carbocycles. The van der Waals surface area contributed by atoms with Crippen LogP contribution < -0.4 is 5.73 Å². The van der Waals surface area contributed by atoms with E-state index >= 15 is 0 Å². The van der Waals surface area contributed by atoms with Gasteiger partial charge in [0.15, 0.2) is 5.03 Å². The summed E-state index contributed by atoms with van der Waals surface area (Å²) >= 11 is 0. The Morgan fingerprint density at radius 1 is 1.43 bits per heavy atom. The summed E-state index contributed by atoms with van der Waals surface area (Å²) in [5.74, 6) is 0.709. The zero-order chi connectivity index (χ0) is 15.9. The zero-order valence-corrected chi connectivity index (χ0v) is 13.9. The second-order valence-corrected chi connectivity index (χ2v) is 6.74. The van der Waals surface area contributed by atoms with Gasteiger partial charge in [-0.1, -0.05) is 6.92 Å². The van der Waals surface area contributed by atoms with Crippen LogP contribution in [-0.2, 0) is 21.3 Å². The van der Waals surface area contributed by atoms with Crippen LogP contribution in [0.2, 0.25) is 0 Å². The van der Waals surface area contributed by atoms with Gasteiger partial charge in [0.2, 0.25) is 0 Å². The first-order valence-corrected chi connectivity index (χ1v) is 8.64. The van der Waals surface area contributed by atoms with Crippen LogP contribution in [0.1, 0.15) is 25.6 Å². The minimum absolute atomic E-state index is 0.0987. The van der Waals surface area contributed by atoms with E-state index in [0.29, 0.717) is 38.5 Å². The molecule has 0 atom stereocenters. The summed E-state index contributed by atoms with van der Waals surface area (Å²) in [6, 6.07) is 0. The molecule has 1 rings (SSSR count). The Bertz CT molecular complexity index is 520. The predicted octanol–water partition coefficient (Wildman–Crippen LogP) is 0.587. The van der Waals surface area contributed by atoms with Crippen LogP contribution in [0.3, 0.4) is 0 Å². The first kappa shape index (κ1) is 18.1. The van der Waals surface area contributed by atoms with Gasteiger partial charge in [-0.15, -0.1) is 0 Å². The van der Waals surface area contributed by atoms with Crippen molar-refractivity contribution in [1.29, 1.82) is 0 Å². The highest BCUT2D eigenvalue weighted by Gasteiger charge is 2.27. The number of hydrogen-bond donors (Lipinski definition) is 1. The molecule has 0 fully saturated rings. The van der Waals surface area contributed by atoms with Gasteiger partial charge in [-0.2, -0.15) is 4.31 Å². The number of sulfonamides is 1. The molecule has 0 radical (unpaired) electrons. The van der Waals surface area contributed by atoms with E-state index in [4.69, 9.17) is 10.5 Å². The molecule has 2 N–H and O–H groups in total. The number of aromatic nitrogens is 2. The molecule has 0 saturated carbocycles. The van der Waals surface area contributed by atoms with Crippen LogP contribution in [0, 0.1) is 6.92 Å². The molecule has 1 heterocycles. The summed E-state index contributed by atoms with van der Waals surface area (Å²) in [6.45, 7) is 6.09. The number of hydrogen-bond acceptors (Lipinski definition) is 5. The molecule has 122 valence electrons. The SMILES string of the molecule is CCCn1cc(S(=O)(=O)N(CCCN)CCOC)nc1C. The molecular formula is C13H26N4O3S. The van der Waals surface area contributed by atoms with Crippen molar-refractivity contribution in [1.82, 2.24) is 13.9 Å². The molecule has 0 amide bonds. The topological polar surface area (TPSA) is 90.5 Å². The Labute approximate surface area is 127 Å². The smallest absolute Gasteiger partial charge is 0.262 e. The maximum absolute atomic E-state index is 12.7. The molecule has 1 aromatic rings. The molecule has 0 unspecified atom stereocenters. The molecular weight excluding hydrogens is 292 g/mol. The number of nitrogens with zero attached hydrogens (tertiary/aromatic N) is 3. The van der Waals surface area contributed by atoms with E-state index in [0.717, 1.165) is 13.0 Å². The van der Waals surface area contributed by atoms with Gasteiger partial charge in [-0.3, -0.25) is 0 Å². The van der Waals surface area contributed by atoms with E-state index in [2.05, 4.69) is 4.98 Å². The van der Waals surface area contributed by atoms with E-state index in [-0.39, 0.29) is 5.03 Å². The lowest BCUT2D eigenvalue weighted by atomic mass is 10.4. The number of rotatable bonds is 10.